The van der Waals surface area contributed by atoms with Crippen molar-refractivity contribution in [3.05, 3.63) is 89.5 Å². The van der Waals surface area contributed by atoms with E-state index in [4.69, 9.17) is 14.2 Å². The second kappa shape index (κ2) is 17.0. The van der Waals surface area contributed by atoms with Crippen molar-refractivity contribution in [1.82, 2.24) is 0 Å². The molecule has 1 aliphatic heterocycles. The highest BCUT2D eigenvalue weighted by atomic mass is 28.4. The van der Waals surface area contributed by atoms with Gasteiger partial charge >= 0.3 is 0 Å². The van der Waals surface area contributed by atoms with Crippen LogP contribution >= 0.6 is 0 Å². The van der Waals surface area contributed by atoms with E-state index in [1.54, 1.807) is 17.0 Å². The minimum atomic E-state index is -2.55. The van der Waals surface area contributed by atoms with Crippen molar-refractivity contribution in [2.75, 3.05) is 24.9 Å². The lowest BCUT2D eigenvalue weighted by Crippen LogP contribution is -2.55. The molecule has 50 heavy (non-hydrogen) atoms. The van der Waals surface area contributed by atoms with Crippen LogP contribution in [0.1, 0.15) is 76.0 Å². The summed E-state index contributed by atoms with van der Waals surface area (Å²) in [4.78, 5) is 27.0. The third kappa shape index (κ3) is 10.5. The van der Waals surface area contributed by atoms with Crippen LogP contribution in [-0.2, 0) is 9.53 Å². The summed E-state index contributed by atoms with van der Waals surface area (Å²) in [7, 11) is -3.83. The quantitative estimate of drug-likeness (QED) is 0.0577. The molecule has 3 aromatic carbocycles. The number of unbranched alkanes of at least 4 members (excludes halogenated alkanes) is 1. The SMILES string of the molecule is CCCCOc1ccc([C@@H]2C(CC[C@H](CC(C)(C)[Si](C)(C)O)c3ccc(F)cc3)C(=O)N2c2ccc(F)cc2)c(OCOCC[Si](C)(C)C)c1. The lowest BCUT2D eigenvalue weighted by molar-refractivity contribution is -0.130. The van der Waals surface area contributed by atoms with Crippen molar-refractivity contribution < 1.29 is 32.6 Å². The fourth-order valence-corrected chi connectivity index (χ4v) is 7.80. The molecule has 1 unspecified atom stereocenters. The van der Waals surface area contributed by atoms with Crippen molar-refractivity contribution in [3.8, 4) is 11.5 Å². The number of halogens is 2. The van der Waals surface area contributed by atoms with E-state index in [1.165, 1.54) is 24.3 Å². The van der Waals surface area contributed by atoms with Crippen LogP contribution in [0.25, 0.3) is 0 Å². The first-order valence-electron chi connectivity index (χ1n) is 18.0. The van der Waals surface area contributed by atoms with Gasteiger partial charge in [-0.05, 0) is 110 Å². The van der Waals surface area contributed by atoms with E-state index in [-0.39, 0.29) is 47.3 Å². The summed E-state index contributed by atoms with van der Waals surface area (Å²) in [6.07, 6.45) is 3.87. The Balaban J connectivity index is 1.67. The van der Waals surface area contributed by atoms with Gasteiger partial charge in [-0.25, -0.2) is 8.78 Å². The van der Waals surface area contributed by atoms with Crippen LogP contribution in [0.4, 0.5) is 14.5 Å². The number of hydrogen-bond acceptors (Lipinski definition) is 5. The Bertz CT molecular complexity index is 1540. The monoisotopic (exact) mass is 725 g/mol. The van der Waals surface area contributed by atoms with E-state index in [0.717, 1.165) is 30.0 Å². The van der Waals surface area contributed by atoms with Crippen LogP contribution in [0.15, 0.2) is 66.7 Å². The number of hydrogen-bond donors (Lipinski definition) is 1. The zero-order chi connectivity index (χ0) is 36.7. The van der Waals surface area contributed by atoms with Gasteiger partial charge in [-0.3, -0.25) is 4.79 Å². The topological polar surface area (TPSA) is 68.2 Å². The molecule has 1 N–H and O–H groups in total. The maximum Gasteiger partial charge on any atom is 0.233 e. The number of β-lactam (4-membered cyclic amide) rings is 1. The molecule has 1 saturated heterocycles. The van der Waals surface area contributed by atoms with Crippen LogP contribution in [-0.4, -0.2) is 47.1 Å². The van der Waals surface area contributed by atoms with E-state index >= 15 is 0 Å². The molecule has 1 heterocycles. The maximum absolute atomic E-state index is 14.1. The molecule has 0 bridgehead atoms. The predicted octanol–water partition coefficient (Wildman–Crippen LogP) is 10.5. The van der Waals surface area contributed by atoms with Crippen molar-refractivity contribution >= 4 is 28.0 Å². The fraction of sp³-hybridized carbons (Fsp3) is 0.525. The number of ether oxygens (including phenoxy) is 3. The van der Waals surface area contributed by atoms with Gasteiger partial charge in [-0.15, -0.1) is 0 Å². The van der Waals surface area contributed by atoms with Gasteiger partial charge in [0.25, 0.3) is 0 Å². The Morgan fingerprint density at radius 3 is 2.14 bits per heavy atom. The van der Waals surface area contributed by atoms with Gasteiger partial charge in [-0.1, -0.05) is 59.0 Å². The van der Waals surface area contributed by atoms with Crippen molar-refractivity contribution in [3.63, 3.8) is 0 Å². The Morgan fingerprint density at radius 1 is 0.900 bits per heavy atom. The summed E-state index contributed by atoms with van der Waals surface area (Å²) in [5.74, 6) is 0.177. The highest BCUT2D eigenvalue weighted by Crippen LogP contribution is 2.51. The van der Waals surface area contributed by atoms with Gasteiger partial charge in [-0.2, -0.15) is 0 Å². The largest absolute Gasteiger partial charge is 0.493 e. The molecule has 10 heteroatoms. The standard InChI is InChI=1S/C40H57F2NO5Si2/c1-9-10-23-47-34-20-22-35(37(26-34)48-28-46-24-25-49(4,5)6)38-36(39(44)43(38)33-18-16-32(42)17-19-33)21-13-30(27-40(2,3)50(7,8)45)29-11-14-31(41)15-12-29/h11-12,14-20,22,26,30,36,38,45H,9-10,13,21,23-25,27-28H2,1-8H3/t30-,36?,38-/m1/s1. The number of rotatable bonds is 19. The number of anilines is 1. The molecule has 274 valence electrons. The van der Waals surface area contributed by atoms with Crippen molar-refractivity contribution in [2.45, 2.75) is 109 Å². The van der Waals surface area contributed by atoms with E-state index in [9.17, 15) is 18.4 Å². The van der Waals surface area contributed by atoms with Crippen LogP contribution in [0, 0.1) is 17.6 Å². The lowest BCUT2D eigenvalue weighted by Gasteiger charge is -2.48. The first-order valence-corrected chi connectivity index (χ1v) is 24.7. The summed E-state index contributed by atoms with van der Waals surface area (Å²) >= 11 is 0. The van der Waals surface area contributed by atoms with Crippen LogP contribution in [0.3, 0.4) is 0 Å². The van der Waals surface area contributed by atoms with Crippen molar-refractivity contribution in [2.24, 2.45) is 5.92 Å². The molecule has 3 atom stereocenters. The third-order valence-corrected chi connectivity index (χ3v) is 15.5. The Labute approximate surface area is 300 Å². The van der Waals surface area contributed by atoms with E-state index in [2.05, 4.69) is 40.4 Å². The van der Waals surface area contributed by atoms with Crippen LogP contribution < -0.4 is 14.4 Å². The predicted molar refractivity (Wildman–Crippen MR) is 203 cm³/mol. The van der Waals surface area contributed by atoms with E-state index in [1.807, 2.05) is 43.4 Å². The Morgan fingerprint density at radius 2 is 1.54 bits per heavy atom. The maximum atomic E-state index is 14.1. The van der Waals surface area contributed by atoms with Gasteiger partial charge in [0.1, 0.15) is 23.1 Å². The average Bonchev–Trinajstić information content (AvgIpc) is 3.03. The molecule has 1 amide bonds. The minimum absolute atomic E-state index is 0.00248. The van der Waals surface area contributed by atoms with Crippen molar-refractivity contribution in [1.29, 1.82) is 0 Å². The number of carbonyl (C=O) groups is 1. The highest BCUT2D eigenvalue weighted by molar-refractivity contribution is 6.76. The number of benzene rings is 3. The summed E-state index contributed by atoms with van der Waals surface area (Å²) in [5, 5.41) is -0.320. The third-order valence-electron chi connectivity index (χ3n) is 10.3. The zero-order valence-electron chi connectivity index (χ0n) is 31.2. The Hall–Kier alpha value is -3.06. The molecular formula is C40H57F2NO5Si2. The molecule has 0 aromatic heterocycles. The average molecular weight is 726 g/mol. The highest BCUT2D eigenvalue weighted by Gasteiger charge is 2.50. The minimum Gasteiger partial charge on any atom is -0.493 e. The number of amides is 1. The molecule has 3 aromatic rings. The van der Waals surface area contributed by atoms with E-state index < -0.39 is 16.4 Å². The smallest absolute Gasteiger partial charge is 0.233 e. The molecule has 0 saturated carbocycles. The van der Waals surface area contributed by atoms with E-state index in [0.29, 0.717) is 49.7 Å². The van der Waals surface area contributed by atoms with Crippen LogP contribution in [0.2, 0.25) is 43.8 Å². The molecular weight excluding hydrogens is 669 g/mol. The molecule has 1 aliphatic rings. The van der Waals surface area contributed by atoms with Gasteiger partial charge in [0, 0.05) is 32.0 Å². The first-order chi connectivity index (χ1) is 23.5. The molecule has 6 nitrogen and oxygen atoms in total. The molecule has 0 spiro atoms. The molecule has 0 aliphatic carbocycles. The normalized spacial score (nSPS) is 17.4. The lowest BCUT2D eigenvalue weighted by atomic mass is 9.75. The number of carbonyl (C=O) groups excluding carboxylic acids is 1. The first kappa shape index (κ1) is 39.7. The Kier molecular flexibility index (Phi) is 13.5. The molecule has 1 fully saturated rings. The molecule has 0 radical (unpaired) electrons. The fourth-order valence-electron chi connectivity index (χ4n) is 6.29. The zero-order valence-corrected chi connectivity index (χ0v) is 33.2. The summed E-state index contributed by atoms with van der Waals surface area (Å²) < 4.78 is 46.3. The summed E-state index contributed by atoms with van der Waals surface area (Å²) in [5.41, 5.74) is 2.44. The summed E-state index contributed by atoms with van der Waals surface area (Å²) in [6.45, 7) is 18.4. The second-order valence-corrected chi connectivity index (χ2v) is 26.2. The van der Waals surface area contributed by atoms with Gasteiger partial charge in [0.2, 0.25) is 5.91 Å². The van der Waals surface area contributed by atoms with Gasteiger partial charge < -0.3 is 23.9 Å². The second-order valence-electron chi connectivity index (χ2n) is 16.1. The van der Waals surface area contributed by atoms with Gasteiger partial charge in [0.05, 0.1) is 18.6 Å². The van der Waals surface area contributed by atoms with Gasteiger partial charge in [0.15, 0.2) is 15.1 Å². The van der Waals surface area contributed by atoms with Crippen LogP contribution in [0.5, 0.6) is 11.5 Å². The molecule has 4 rings (SSSR count). The summed E-state index contributed by atoms with van der Waals surface area (Å²) in [6, 6.07) is 19.0. The number of nitrogens with zero attached hydrogens (tertiary/aromatic N) is 1.